The van der Waals surface area contributed by atoms with E-state index in [0.29, 0.717) is 5.75 Å². The molecular weight excluding hydrogens is 318 g/mol. The van der Waals surface area contributed by atoms with E-state index in [2.05, 4.69) is 5.43 Å². The van der Waals surface area contributed by atoms with E-state index >= 15 is 0 Å². The number of ether oxygens (including phenoxy) is 1. The molecule has 0 aliphatic carbocycles. The van der Waals surface area contributed by atoms with Gasteiger partial charge in [-0.25, -0.2) is 8.78 Å². The van der Waals surface area contributed by atoms with Crippen LogP contribution < -0.4 is 15.6 Å². The summed E-state index contributed by atoms with van der Waals surface area (Å²) >= 11 is 0. The standard InChI is InChI=1S/C17H16F2N2O3/c1-10-3-4-11(2)15(7-10)24-9-16(22)20-21-17(23)13-8-12(18)5-6-14(13)19/h3-8H,9H2,1-2H3,(H,20,22)(H,21,23). The molecule has 2 rings (SSSR count). The van der Waals surface area contributed by atoms with Crippen molar-refractivity contribution in [1.29, 1.82) is 0 Å². The van der Waals surface area contributed by atoms with Gasteiger partial charge in [-0.2, -0.15) is 0 Å². The van der Waals surface area contributed by atoms with Crippen molar-refractivity contribution in [2.75, 3.05) is 6.61 Å². The molecule has 0 fully saturated rings. The fourth-order valence-electron chi connectivity index (χ4n) is 1.91. The smallest absolute Gasteiger partial charge is 0.276 e. The second kappa shape index (κ2) is 7.54. The molecule has 0 atom stereocenters. The highest BCUT2D eigenvalue weighted by atomic mass is 19.1. The van der Waals surface area contributed by atoms with Crippen LogP contribution in [0.15, 0.2) is 36.4 Å². The van der Waals surface area contributed by atoms with Gasteiger partial charge in [-0.15, -0.1) is 0 Å². The monoisotopic (exact) mass is 334 g/mol. The molecule has 0 aromatic heterocycles. The quantitative estimate of drug-likeness (QED) is 0.844. The first-order chi connectivity index (χ1) is 11.4. The third kappa shape index (κ3) is 4.52. The lowest BCUT2D eigenvalue weighted by atomic mass is 10.1. The van der Waals surface area contributed by atoms with Gasteiger partial charge in [0.25, 0.3) is 11.8 Å². The molecule has 7 heteroatoms. The topological polar surface area (TPSA) is 67.4 Å². The molecule has 5 nitrogen and oxygen atoms in total. The number of hydrogen-bond donors (Lipinski definition) is 2. The van der Waals surface area contributed by atoms with Gasteiger partial charge in [-0.1, -0.05) is 12.1 Å². The van der Waals surface area contributed by atoms with Crippen molar-refractivity contribution in [2.24, 2.45) is 0 Å². The van der Waals surface area contributed by atoms with Gasteiger partial charge < -0.3 is 4.74 Å². The normalized spacial score (nSPS) is 10.2. The van der Waals surface area contributed by atoms with Crippen molar-refractivity contribution in [2.45, 2.75) is 13.8 Å². The average Bonchev–Trinajstić information content (AvgIpc) is 2.55. The Hall–Kier alpha value is -2.96. The molecular formula is C17H16F2N2O3. The SMILES string of the molecule is Cc1ccc(C)c(OCC(=O)NNC(=O)c2cc(F)ccc2F)c1. The maximum Gasteiger partial charge on any atom is 0.276 e. The molecule has 0 heterocycles. The van der Waals surface area contributed by atoms with Crippen LogP contribution >= 0.6 is 0 Å². The van der Waals surface area contributed by atoms with Crippen molar-refractivity contribution in [3.63, 3.8) is 0 Å². The lowest BCUT2D eigenvalue weighted by molar-refractivity contribution is -0.123. The van der Waals surface area contributed by atoms with Crippen LogP contribution in [0.25, 0.3) is 0 Å². The lowest BCUT2D eigenvalue weighted by Gasteiger charge is -2.11. The molecule has 0 bridgehead atoms. The lowest BCUT2D eigenvalue weighted by Crippen LogP contribution is -2.44. The fourth-order valence-corrected chi connectivity index (χ4v) is 1.91. The Morgan fingerprint density at radius 1 is 1.04 bits per heavy atom. The minimum Gasteiger partial charge on any atom is -0.483 e. The first-order valence-corrected chi connectivity index (χ1v) is 7.11. The van der Waals surface area contributed by atoms with Crippen molar-refractivity contribution >= 4 is 11.8 Å². The summed E-state index contributed by atoms with van der Waals surface area (Å²) in [6.45, 7) is 3.39. The number of aryl methyl sites for hydroxylation is 2. The molecule has 2 aromatic rings. The molecule has 0 aliphatic heterocycles. The minimum absolute atomic E-state index is 0.337. The van der Waals surface area contributed by atoms with Crippen LogP contribution in [-0.2, 0) is 4.79 Å². The molecule has 0 aliphatic rings. The molecule has 2 N–H and O–H groups in total. The molecule has 126 valence electrons. The second-order valence-electron chi connectivity index (χ2n) is 5.18. The summed E-state index contributed by atoms with van der Waals surface area (Å²) < 4.78 is 31.8. The van der Waals surface area contributed by atoms with Gasteiger partial charge >= 0.3 is 0 Å². The molecule has 0 spiro atoms. The van der Waals surface area contributed by atoms with E-state index in [1.807, 2.05) is 31.4 Å². The second-order valence-corrected chi connectivity index (χ2v) is 5.18. The Balaban J connectivity index is 1.88. The number of amides is 2. The number of benzene rings is 2. The predicted octanol–water partition coefficient (Wildman–Crippen LogP) is 2.42. The number of carbonyl (C=O) groups excluding carboxylic acids is 2. The van der Waals surface area contributed by atoms with Gasteiger partial charge in [0, 0.05) is 0 Å². The van der Waals surface area contributed by atoms with Crippen molar-refractivity contribution < 1.29 is 23.1 Å². The molecule has 0 saturated carbocycles. The van der Waals surface area contributed by atoms with Gasteiger partial charge in [0.15, 0.2) is 6.61 Å². The van der Waals surface area contributed by atoms with E-state index in [1.165, 1.54) is 0 Å². The van der Waals surface area contributed by atoms with E-state index in [9.17, 15) is 18.4 Å². The number of hydrazine groups is 1. The summed E-state index contributed by atoms with van der Waals surface area (Å²) in [6, 6.07) is 8.01. The van der Waals surface area contributed by atoms with E-state index in [1.54, 1.807) is 6.07 Å². The Morgan fingerprint density at radius 2 is 1.79 bits per heavy atom. The van der Waals surface area contributed by atoms with Gasteiger partial charge in [-0.05, 0) is 49.2 Å². The zero-order valence-corrected chi connectivity index (χ0v) is 13.2. The van der Waals surface area contributed by atoms with E-state index in [-0.39, 0.29) is 6.61 Å². The first-order valence-electron chi connectivity index (χ1n) is 7.11. The van der Waals surface area contributed by atoms with Crippen LogP contribution in [0.4, 0.5) is 8.78 Å². The Morgan fingerprint density at radius 3 is 2.54 bits per heavy atom. The summed E-state index contributed by atoms with van der Waals surface area (Å²) in [5.74, 6) is -2.71. The first kappa shape index (κ1) is 17.4. The third-order valence-corrected chi connectivity index (χ3v) is 3.19. The molecule has 0 unspecified atom stereocenters. The van der Waals surface area contributed by atoms with Crippen LogP contribution in [-0.4, -0.2) is 18.4 Å². The van der Waals surface area contributed by atoms with E-state index in [4.69, 9.17) is 4.74 Å². The molecule has 2 aromatic carbocycles. The van der Waals surface area contributed by atoms with E-state index < -0.39 is 29.0 Å². The Bertz CT molecular complexity index is 778. The summed E-state index contributed by atoms with van der Waals surface area (Å²) in [6.07, 6.45) is 0. The zero-order chi connectivity index (χ0) is 17.7. The zero-order valence-electron chi connectivity index (χ0n) is 13.2. The Labute approximate surface area is 137 Å². The van der Waals surface area contributed by atoms with E-state index in [0.717, 1.165) is 29.3 Å². The van der Waals surface area contributed by atoms with Gasteiger partial charge in [-0.3, -0.25) is 20.4 Å². The van der Waals surface area contributed by atoms with Crippen molar-refractivity contribution in [3.05, 3.63) is 64.7 Å². The minimum atomic E-state index is -0.966. The molecule has 0 radical (unpaired) electrons. The highest BCUT2D eigenvalue weighted by molar-refractivity contribution is 5.95. The number of carbonyl (C=O) groups is 2. The highest BCUT2D eigenvalue weighted by Gasteiger charge is 2.14. The van der Waals surface area contributed by atoms with Crippen LogP contribution in [0, 0.1) is 25.5 Å². The van der Waals surface area contributed by atoms with Crippen LogP contribution in [0.1, 0.15) is 21.5 Å². The number of nitrogens with one attached hydrogen (secondary N) is 2. The summed E-state index contributed by atoms with van der Waals surface area (Å²) in [5, 5.41) is 0. The third-order valence-electron chi connectivity index (χ3n) is 3.19. The number of hydrogen-bond acceptors (Lipinski definition) is 3. The van der Waals surface area contributed by atoms with Crippen LogP contribution in [0.2, 0.25) is 0 Å². The fraction of sp³-hybridized carbons (Fsp3) is 0.176. The Kier molecular flexibility index (Phi) is 5.47. The average molecular weight is 334 g/mol. The van der Waals surface area contributed by atoms with Crippen molar-refractivity contribution in [3.8, 4) is 5.75 Å². The molecule has 0 saturated heterocycles. The number of rotatable bonds is 4. The van der Waals surface area contributed by atoms with Gasteiger partial charge in [0.05, 0.1) is 5.56 Å². The molecule has 24 heavy (non-hydrogen) atoms. The summed E-state index contributed by atoms with van der Waals surface area (Å²) in [4.78, 5) is 23.4. The summed E-state index contributed by atoms with van der Waals surface area (Å²) in [7, 11) is 0. The molecule has 2 amide bonds. The highest BCUT2D eigenvalue weighted by Crippen LogP contribution is 2.18. The number of halogens is 2. The maximum atomic E-state index is 13.4. The van der Waals surface area contributed by atoms with Crippen molar-refractivity contribution in [1.82, 2.24) is 10.9 Å². The van der Waals surface area contributed by atoms with Crippen LogP contribution in [0.5, 0.6) is 5.75 Å². The predicted molar refractivity (Wildman–Crippen MR) is 83.4 cm³/mol. The maximum absolute atomic E-state index is 13.4. The van der Waals surface area contributed by atoms with Crippen LogP contribution in [0.3, 0.4) is 0 Å². The summed E-state index contributed by atoms with van der Waals surface area (Å²) in [5.41, 5.74) is 5.41. The largest absolute Gasteiger partial charge is 0.483 e. The van der Waals surface area contributed by atoms with Gasteiger partial charge in [0.2, 0.25) is 0 Å². The van der Waals surface area contributed by atoms with Gasteiger partial charge in [0.1, 0.15) is 17.4 Å².